The molecule has 2 heterocycles. The molecule has 0 aliphatic carbocycles. The van der Waals surface area contributed by atoms with Gasteiger partial charge in [0.15, 0.2) is 6.04 Å². The molecule has 0 radical (unpaired) electrons. The van der Waals surface area contributed by atoms with Crippen molar-refractivity contribution in [3.63, 3.8) is 0 Å². The van der Waals surface area contributed by atoms with Crippen molar-refractivity contribution in [3.05, 3.63) is 29.1 Å². The molecule has 1 aromatic carbocycles. The molecule has 1 aliphatic heterocycles. The first-order valence-corrected chi connectivity index (χ1v) is 7.10. The first-order chi connectivity index (χ1) is 8.63. The van der Waals surface area contributed by atoms with Crippen molar-refractivity contribution < 1.29 is 15.0 Å². The molecule has 0 saturated heterocycles. The molecule has 6 heteroatoms. The number of phenols is 1. The number of fused-ring (bicyclic) bond motifs is 1. The van der Waals surface area contributed by atoms with Crippen LogP contribution in [-0.2, 0) is 4.79 Å². The van der Waals surface area contributed by atoms with E-state index in [2.05, 4.69) is 4.99 Å². The van der Waals surface area contributed by atoms with Crippen LogP contribution in [0, 0.1) is 0 Å². The van der Waals surface area contributed by atoms with Crippen LogP contribution in [-0.4, -0.2) is 33.0 Å². The Kier molecular flexibility index (Phi) is 2.76. The van der Waals surface area contributed by atoms with Crippen LogP contribution in [0.1, 0.15) is 4.88 Å². The molecule has 1 aliphatic rings. The number of rotatable bonds is 2. The van der Waals surface area contributed by atoms with Gasteiger partial charge < -0.3 is 10.2 Å². The van der Waals surface area contributed by atoms with E-state index in [4.69, 9.17) is 5.11 Å². The number of thiophene rings is 1. The second kappa shape index (κ2) is 4.29. The molecule has 0 saturated carbocycles. The Balaban J connectivity index is 2.00. The molecule has 0 unspecified atom stereocenters. The minimum absolute atomic E-state index is 0.236. The quantitative estimate of drug-likeness (QED) is 0.886. The molecule has 18 heavy (non-hydrogen) atoms. The summed E-state index contributed by atoms with van der Waals surface area (Å²) in [7, 11) is 0. The summed E-state index contributed by atoms with van der Waals surface area (Å²) in [6.45, 7) is 0. The van der Waals surface area contributed by atoms with Gasteiger partial charge in [0.05, 0.1) is 4.88 Å². The second-order valence-electron chi connectivity index (χ2n) is 3.93. The maximum atomic E-state index is 10.8. The van der Waals surface area contributed by atoms with Crippen molar-refractivity contribution in [2.45, 2.75) is 6.04 Å². The van der Waals surface area contributed by atoms with Gasteiger partial charge in [-0.3, -0.25) is 4.99 Å². The number of carboxylic acid groups (broad SMARTS) is 1. The second-order valence-corrected chi connectivity index (χ2v) is 6.02. The van der Waals surface area contributed by atoms with Gasteiger partial charge in [-0.15, -0.1) is 23.1 Å². The highest BCUT2D eigenvalue weighted by molar-refractivity contribution is 8.15. The Hall–Kier alpha value is -1.53. The van der Waals surface area contributed by atoms with Gasteiger partial charge in [-0.25, -0.2) is 4.79 Å². The molecular weight excluding hydrogens is 270 g/mol. The Morgan fingerprint density at radius 1 is 1.39 bits per heavy atom. The molecule has 1 aromatic heterocycles. The molecule has 1 atom stereocenters. The zero-order chi connectivity index (χ0) is 12.7. The van der Waals surface area contributed by atoms with Gasteiger partial charge in [0.2, 0.25) is 0 Å². The zero-order valence-electron chi connectivity index (χ0n) is 9.16. The summed E-state index contributed by atoms with van der Waals surface area (Å²) in [5.74, 6) is -0.152. The first kappa shape index (κ1) is 11.6. The topological polar surface area (TPSA) is 69.9 Å². The van der Waals surface area contributed by atoms with E-state index in [9.17, 15) is 9.90 Å². The molecule has 0 amide bonds. The molecule has 4 nitrogen and oxygen atoms in total. The standard InChI is InChI=1S/C12H9NO3S2/c14-7-2-1-6-3-10(18-9(6)4-7)11-13-8(5-17-11)12(15)16/h1-4,8,14H,5H2,(H,15,16)/t8-/m1/s1. The summed E-state index contributed by atoms with van der Waals surface area (Å²) in [4.78, 5) is 16.0. The number of aromatic hydroxyl groups is 1. The number of thioether (sulfide) groups is 1. The molecule has 2 N–H and O–H groups in total. The van der Waals surface area contributed by atoms with Crippen LogP contribution < -0.4 is 0 Å². The van der Waals surface area contributed by atoms with E-state index in [0.29, 0.717) is 5.75 Å². The third-order valence-corrected chi connectivity index (χ3v) is 4.97. The maximum absolute atomic E-state index is 10.8. The Labute approximate surface area is 111 Å². The highest BCUT2D eigenvalue weighted by Crippen LogP contribution is 2.33. The number of phenolic OH excluding ortho intramolecular Hbond substituents is 1. The zero-order valence-corrected chi connectivity index (χ0v) is 10.8. The van der Waals surface area contributed by atoms with Crippen LogP contribution in [0.3, 0.4) is 0 Å². The predicted molar refractivity (Wildman–Crippen MR) is 73.9 cm³/mol. The van der Waals surface area contributed by atoms with Crippen molar-refractivity contribution >= 4 is 44.2 Å². The third kappa shape index (κ3) is 1.97. The summed E-state index contributed by atoms with van der Waals surface area (Å²) < 4.78 is 0.979. The predicted octanol–water partition coefficient (Wildman–Crippen LogP) is 2.55. The average Bonchev–Trinajstić information content (AvgIpc) is 2.93. The summed E-state index contributed by atoms with van der Waals surface area (Å²) in [5.41, 5.74) is 0. The summed E-state index contributed by atoms with van der Waals surface area (Å²) >= 11 is 2.99. The van der Waals surface area contributed by atoms with Crippen LogP contribution in [0.5, 0.6) is 5.75 Å². The first-order valence-electron chi connectivity index (χ1n) is 5.30. The fraction of sp³-hybridized carbons (Fsp3) is 0.167. The van der Waals surface area contributed by atoms with Crippen molar-refractivity contribution in [1.82, 2.24) is 0 Å². The van der Waals surface area contributed by atoms with Gasteiger partial charge in [0, 0.05) is 10.5 Å². The number of carboxylic acids is 1. The Bertz CT molecular complexity index is 662. The smallest absolute Gasteiger partial charge is 0.329 e. The summed E-state index contributed by atoms with van der Waals surface area (Å²) in [6, 6.07) is 6.54. The minimum atomic E-state index is -0.878. The molecule has 0 bridgehead atoms. The van der Waals surface area contributed by atoms with Gasteiger partial charge in [0.25, 0.3) is 0 Å². The van der Waals surface area contributed by atoms with Gasteiger partial charge in [0.1, 0.15) is 10.8 Å². The van der Waals surface area contributed by atoms with Crippen molar-refractivity contribution in [2.24, 2.45) is 4.99 Å². The van der Waals surface area contributed by atoms with Crippen molar-refractivity contribution in [2.75, 3.05) is 5.75 Å². The number of aliphatic imine (C=N–C) groups is 1. The van der Waals surface area contributed by atoms with Gasteiger partial charge in [-0.1, -0.05) is 0 Å². The lowest BCUT2D eigenvalue weighted by Gasteiger charge is -1.93. The van der Waals surface area contributed by atoms with E-state index in [0.717, 1.165) is 20.0 Å². The van der Waals surface area contributed by atoms with Crippen molar-refractivity contribution in [1.29, 1.82) is 0 Å². The van der Waals surface area contributed by atoms with E-state index in [1.165, 1.54) is 23.1 Å². The minimum Gasteiger partial charge on any atom is -0.508 e. The lowest BCUT2D eigenvalue weighted by molar-refractivity contribution is -0.137. The Morgan fingerprint density at radius 3 is 2.94 bits per heavy atom. The van der Waals surface area contributed by atoms with Crippen LogP contribution >= 0.6 is 23.1 Å². The number of nitrogens with zero attached hydrogens (tertiary/aromatic N) is 1. The van der Waals surface area contributed by atoms with Crippen LogP contribution in [0.4, 0.5) is 0 Å². The molecule has 0 spiro atoms. The summed E-state index contributed by atoms with van der Waals surface area (Å²) in [5, 5.41) is 20.1. The molecule has 2 aromatic rings. The van der Waals surface area contributed by atoms with Crippen LogP contribution in [0.2, 0.25) is 0 Å². The molecule has 3 rings (SSSR count). The maximum Gasteiger partial charge on any atom is 0.329 e. The number of hydrogen-bond acceptors (Lipinski definition) is 5. The van der Waals surface area contributed by atoms with E-state index in [1.807, 2.05) is 12.1 Å². The van der Waals surface area contributed by atoms with E-state index < -0.39 is 12.0 Å². The Morgan fingerprint density at radius 2 is 2.22 bits per heavy atom. The fourth-order valence-corrected chi connectivity index (χ4v) is 3.99. The average molecular weight is 279 g/mol. The number of benzene rings is 1. The normalized spacial score (nSPS) is 19.1. The highest BCUT2D eigenvalue weighted by Gasteiger charge is 2.25. The largest absolute Gasteiger partial charge is 0.508 e. The number of carbonyl (C=O) groups is 1. The van der Waals surface area contributed by atoms with Gasteiger partial charge in [-0.05, 0) is 29.7 Å². The molecule has 0 fully saturated rings. The lowest BCUT2D eigenvalue weighted by atomic mass is 10.2. The van der Waals surface area contributed by atoms with Crippen LogP contribution in [0.15, 0.2) is 29.3 Å². The molecular formula is C12H9NO3S2. The monoisotopic (exact) mass is 279 g/mol. The van der Waals surface area contributed by atoms with E-state index in [1.54, 1.807) is 12.1 Å². The molecule has 92 valence electrons. The van der Waals surface area contributed by atoms with Crippen molar-refractivity contribution in [3.8, 4) is 5.75 Å². The number of hydrogen-bond donors (Lipinski definition) is 2. The van der Waals surface area contributed by atoms with Gasteiger partial charge >= 0.3 is 5.97 Å². The SMILES string of the molecule is O=C(O)[C@H]1CSC(c2cc3ccc(O)cc3s2)=N1. The van der Waals surface area contributed by atoms with E-state index >= 15 is 0 Å². The van der Waals surface area contributed by atoms with E-state index in [-0.39, 0.29) is 5.75 Å². The number of aliphatic carboxylic acids is 1. The third-order valence-electron chi connectivity index (χ3n) is 2.65. The van der Waals surface area contributed by atoms with Crippen LogP contribution in [0.25, 0.3) is 10.1 Å². The fourth-order valence-electron chi connectivity index (χ4n) is 1.76. The van der Waals surface area contributed by atoms with Gasteiger partial charge in [-0.2, -0.15) is 0 Å². The lowest BCUT2D eigenvalue weighted by Crippen LogP contribution is -2.17. The highest BCUT2D eigenvalue weighted by atomic mass is 32.2. The summed E-state index contributed by atoms with van der Waals surface area (Å²) in [6.07, 6.45) is 0.